The van der Waals surface area contributed by atoms with E-state index >= 15 is 0 Å². The molecule has 1 amide bonds. The van der Waals surface area contributed by atoms with E-state index in [9.17, 15) is 4.79 Å². The van der Waals surface area contributed by atoms with E-state index in [1.54, 1.807) is 0 Å². The highest BCUT2D eigenvalue weighted by molar-refractivity contribution is 6.06. The standard InChI is InChI=1S/C22H22N2O2/c25-14-16-7-5-15(6-8-16)11-12-23-22(26)19-13-21(17-9-10-17)24-20-4-2-1-3-18(19)20/h1-8,13,17,25H,9-12,14H2,(H,23,26). The molecule has 26 heavy (non-hydrogen) atoms. The average molecular weight is 346 g/mol. The lowest BCUT2D eigenvalue weighted by Gasteiger charge is -2.10. The van der Waals surface area contributed by atoms with E-state index in [-0.39, 0.29) is 12.5 Å². The number of fused-ring (bicyclic) bond motifs is 1. The molecule has 2 aromatic carbocycles. The van der Waals surface area contributed by atoms with E-state index in [0.29, 0.717) is 18.0 Å². The Hall–Kier alpha value is -2.72. The van der Waals surface area contributed by atoms with Crippen LogP contribution in [0.5, 0.6) is 0 Å². The van der Waals surface area contributed by atoms with Crippen molar-refractivity contribution in [1.82, 2.24) is 10.3 Å². The van der Waals surface area contributed by atoms with Gasteiger partial charge in [0.2, 0.25) is 0 Å². The number of amides is 1. The Balaban J connectivity index is 1.48. The van der Waals surface area contributed by atoms with Gasteiger partial charge in [0.05, 0.1) is 17.7 Å². The van der Waals surface area contributed by atoms with Gasteiger partial charge < -0.3 is 10.4 Å². The van der Waals surface area contributed by atoms with Crippen molar-refractivity contribution in [2.24, 2.45) is 0 Å². The summed E-state index contributed by atoms with van der Waals surface area (Å²) in [5.41, 5.74) is 4.68. The first-order chi connectivity index (χ1) is 12.7. The molecule has 0 bridgehead atoms. The molecule has 1 aliphatic carbocycles. The Labute approximate surface area is 152 Å². The number of nitrogens with zero attached hydrogens (tertiary/aromatic N) is 1. The summed E-state index contributed by atoms with van der Waals surface area (Å²) in [4.78, 5) is 17.5. The molecule has 1 aliphatic rings. The molecule has 0 radical (unpaired) electrons. The Bertz CT molecular complexity index is 931. The van der Waals surface area contributed by atoms with Crippen LogP contribution in [0.2, 0.25) is 0 Å². The van der Waals surface area contributed by atoms with Gasteiger partial charge in [-0.25, -0.2) is 0 Å². The number of benzene rings is 2. The molecule has 0 aliphatic heterocycles. The highest BCUT2D eigenvalue weighted by Gasteiger charge is 2.26. The molecule has 0 atom stereocenters. The zero-order chi connectivity index (χ0) is 17.9. The van der Waals surface area contributed by atoms with Crippen molar-refractivity contribution in [3.8, 4) is 0 Å². The van der Waals surface area contributed by atoms with Crippen molar-refractivity contribution >= 4 is 16.8 Å². The van der Waals surface area contributed by atoms with Crippen molar-refractivity contribution in [2.75, 3.05) is 6.54 Å². The monoisotopic (exact) mass is 346 g/mol. The maximum absolute atomic E-state index is 12.8. The number of pyridine rings is 1. The molecule has 0 unspecified atom stereocenters. The van der Waals surface area contributed by atoms with Crippen LogP contribution in [-0.4, -0.2) is 22.5 Å². The number of rotatable bonds is 6. The van der Waals surface area contributed by atoms with Gasteiger partial charge in [-0.1, -0.05) is 42.5 Å². The Morgan fingerprint density at radius 1 is 1.08 bits per heavy atom. The average Bonchev–Trinajstić information content (AvgIpc) is 3.53. The number of aliphatic hydroxyl groups is 1. The third kappa shape index (κ3) is 3.60. The Kier molecular flexibility index (Phi) is 4.67. The smallest absolute Gasteiger partial charge is 0.252 e. The van der Waals surface area contributed by atoms with E-state index in [1.807, 2.05) is 54.6 Å². The van der Waals surface area contributed by atoms with Crippen LogP contribution in [0.4, 0.5) is 0 Å². The SMILES string of the molecule is O=C(NCCc1ccc(CO)cc1)c1cc(C2CC2)nc2ccccc12. The second kappa shape index (κ2) is 7.26. The van der Waals surface area contributed by atoms with Crippen LogP contribution in [0.25, 0.3) is 10.9 Å². The third-order valence-corrected chi connectivity index (χ3v) is 4.88. The zero-order valence-electron chi connectivity index (χ0n) is 14.6. The van der Waals surface area contributed by atoms with Crippen LogP contribution >= 0.6 is 0 Å². The highest BCUT2D eigenvalue weighted by Crippen LogP contribution is 2.40. The number of carbonyl (C=O) groups excluding carboxylic acids is 1. The summed E-state index contributed by atoms with van der Waals surface area (Å²) in [6.45, 7) is 0.627. The van der Waals surface area contributed by atoms with E-state index in [4.69, 9.17) is 10.1 Å². The van der Waals surface area contributed by atoms with E-state index in [2.05, 4.69) is 5.32 Å². The van der Waals surface area contributed by atoms with Gasteiger partial charge in [0.25, 0.3) is 5.91 Å². The summed E-state index contributed by atoms with van der Waals surface area (Å²) in [5.74, 6) is 0.466. The molecule has 3 aromatic rings. The molecular weight excluding hydrogens is 324 g/mol. The van der Waals surface area contributed by atoms with Crippen LogP contribution in [-0.2, 0) is 13.0 Å². The summed E-state index contributed by atoms with van der Waals surface area (Å²) in [6.07, 6.45) is 3.09. The fourth-order valence-corrected chi connectivity index (χ4v) is 3.20. The van der Waals surface area contributed by atoms with Gasteiger partial charge in [0.1, 0.15) is 0 Å². The van der Waals surface area contributed by atoms with Crippen molar-refractivity contribution in [1.29, 1.82) is 0 Å². The van der Waals surface area contributed by atoms with E-state index in [1.165, 1.54) is 0 Å². The highest BCUT2D eigenvalue weighted by atomic mass is 16.3. The van der Waals surface area contributed by atoms with Gasteiger partial charge in [-0.3, -0.25) is 9.78 Å². The molecular formula is C22H22N2O2. The minimum absolute atomic E-state index is 0.0440. The summed E-state index contributed by atoms with van der Waals surface area (Å²) < 4.78 is 0. The fraction of sp³-hybridized carbons (Fsp3) is 0.273. The third-order valence-electron chi connectivity index (χ3n) is 4.88. The van der Waals surface area contributed by atoms with Crippen LogP contribution in [0, 0.1) is 0 Å². The summed E-state index contributed by atoms with van der Waals surface area (Å²) in [7, 11) is 0. The van der Waals surface area contributed by atoms with Crippen LogP contribution in [0.15, 0.2) is 54.6 Å². The Morgan fingerprint density at radius 3 is 2.54 bits per heavy atom. The second-order valence-corrected chi connectivity index (χ2v) is 6.87. The quantitative estimate of drug-likeness (QED) is 0.717. The summed E-state index contributed by atoms with van der Waals surface area (Å²) >= 11 is 0. The van der Waals surface area contributed by atoms with Crippen LogP contribution in [0.1, 0.15) is 45.9 Å². The topological polar surface area (TPSA) is 62.2 Å². The maximum Gasteiger partial charge on any atom is 0.252 e. The number of hydrogen-bond acceptors (Lipinski definition) is 3. The van der Waals surface area contributed by atoms with E-state index < -0.39 is 0 Å². The van der Waals surface area contributed by atoms with Gasteiger partial charge in [-0.05, 0) is 42.5 Å². The van der Waals surface area contributed by atoms with Gasteiger partial charge >= 0.3 is 0 Å². The lowest BCUT2D eigenvalue weighted by atomic mass is 10.0. The number of carbonyl (C=O) groups is 1. The first-order valence-electron chi connectivity index (χ1n) is 9.11. The molecule has 132 valence electrons. The van der Waals surface area contributed by atoms with Crippen molar-refractivity contribution < 1.29 is 9.90 Å². The number of aliphatic hydroxyl groups excluding tert-OH is 1. The van der Waals surface area contributed by atoms with Gasteiger partial charge in [0.15, 0.2) is 0 Å². The van der Waals surface area contributed by atoms with Gasteiger partial charge in [-0.15, -0.1) is 0 Å². The predicted octanol–water partition coefficient (Wildman–Crippen LogP) is 3.58. The summed E-state index contributed by atoms with van der Waals surface area (Å²) in [6, 6.07) is 17.6. The first kappa shape index (κ1) is 16.7. The Morgan fingerprint density at radius 2 is 1.81 bits per heavy atom. The molecule has 2 N–H and O–H groups in total. The molecule has 0 saturated heterocycles. The molecule has 4 rings (SSSR count). The van der Waals surface area contributed by atoms with Crippen LogP contribution < -0.4 is 5.32 Å². The molecule has 1 heterocycles. The van der Waals surface area contributed by atoms with Crippen molar-refractivity contribution in [3.05, 3.63) is 77.0 Å². The minimum atomic E-state index is -0.0440. The van der Waals surface area contributed by atoms with E-state index in [0.717, 1.165) is 47.0 Å². The maximum atomic E-state index is 12.8. The number of aromatic nitrogens is 1. The molecule has 1 saturated carbocycles. The molecule has 4 heteroatoms. The molecule has 0 spiro atoms. The molecule has 4 nitrogen and oxygen atoms in total. The lowest BCUT2D eigenvalue weighted by molar-refractivity contribution is 0.0955. The second-order valence-electron chi connectivity index (χ2n) is 6.87. The van der Waals surface area contributed by atoms with Gasteiger partial charge in [-0.2, -0.15) is 0 Å². The predicted molar refractivity (Wildman–Crippen MR) is 102 cm³/mol. The fourth-order valence-electron chi connectivity index (χ4n) is 3.20. The molecule has 1 aromatic heterocycles. The minimum Gasteiger partial charge on any atom is -0.392 e. The molecule has 1 fully saturated rings. The number of nitrogens with one attached hydrogen (secondary N) is 1. The normalized spacial score (nSPS) is 13.7. The van der Waals surface area contributed by atoms with Gasteiger partial charge in [0, 0.05) is 23.5 Å². The lowest BCUT2D eigenvalue weighted by Crippen LogP contribution is -2.26. The van der Waals surface area contributed by atoms with Crippen molar-refractivity contribution in [2.45, 2.75) is 31.8 Å². The first-order valence-corrected chi connectivity index (χ1v) is 9.11. The zero-order valence-corrected chi connectivity index (χ0v) is 14.6. The van der Waals surface area contributed by atoms with Crippen LogP contribution in [0.3, 0.4) is 0 Å². The largest absolute Gasteiger partial charge is 0.392 e. The van der Waals surface area contributed by atoms with Crippen molar-refractivity contribution in [3.63, 3.8) is 0 Å². The summed E-state index contributed by atoms with van der Waals surface area (Å²) in [5, 5.41) is 13.0. The number of para-hydroxylation sites is 1. The number of hydrogen-bond donors (Lipinski definition) is 2.